The number of hydrogen-bond donors (Lipinski definition) is 0. The number of halogens is 3. The molecule has 0 heterocycles. The molecule has 0 radical (unpaired) electrons. The van der Waals surface area contributed by atoms with Gasteiger partial charge in [-0.05, 0) is 33.6 Å². The summed E-state index contributed by atoms with van der Waals surface area (Å²) in [4.78, 5) is 0. The number of alkyl halides is 2. The van der Waals surface area contributed by atoms with Crippen molar-refractivity contribution >= 4 is 31.9 Å². The molecular formula is C9H7Br2F. The summed E-state index contributed by atoms with van der Waals surface area (Å²) >= 11 is 6.37. The van der Waals surface area contributed by atoms with Crippen molar-refractivity contribution in [2.75, 3.05) is 0 Å². The van der Waals surface area contributed by atoms with Crippen molar-refractivity contribution in [1.29, 1.82) is 0 Å². The van der Waals surface area contributed by atoms with Gasteiger partial charge in [0.25, 0.3) is 0 Å². The average Bonchev–Trinajstić information content (AvgIpc) is 2.61. The van der Waals surface area contributed by atoms with Gasteiger partial charge < -0.3 is 0 Å². The van der Waals surface area contributed by atoms with Gasteiger partial charge in [-0.2, -0.15) is 0 Å². The molecule has 0 N–H and O–H groups in total. The second kappa shape index (κ2) is 2.81. The topological polar surface area (TPSA) is 0 Å². The zero-order chi connectivity index (χ0) is 8.77. The monoisotopic (exact) mass is 292 g/mol. The highest BCUT2D eigenvalue weighted by atomic mass is 79.9. The Morgan fingerprint density at radius 1 is 1.33 bits per heavy atom. The molecule has 0 nitrogen and oxygen atoms in total. The van der Waals surface area contributed by atoms with Gasteiger partial charge in [-0.15, -0.1) is 0 Å². The van der Waals surface area contributed by atoms with E-state index in [1.807, 2.05) is 24.3 Å². The van der Waals surface area contributed by atoms with Crippen molar-refractivity contribution in [3.05, 3.63) is 34.3 Å². The van der Waals surface area contributed by atoms with Gasteiger partial charge in [-0.3, -0.25) is 0 Å². The molecule has 1 aromatic carbocycles. The summed E-state index contributed by atoms with van der Waals surface area (Å²) in [6.07, 6.45) is 0.592. The summed E-state index contributed by atoms with van der Waals surface area (Å²) in [5.41, 5.74) is 1.07. The van der Waals surface area contributed by atoms with Crippen LogP contribution in [-0.4, -0.2) is 4.58 Å². The predicted molar refractivity (Wildman–Crippen MR) is 54.3 cm³/mol. The van der Waals surface area contributed by atoms with Crippen LogP contribution in [0.25, 0.3) is 0 Å². The van der Waals surface area contributed by atoms with E-state index in [0.717, 1.165) is 10.0 Å². The molecule has 2 rings (SSSR count). The molecule has 0 aromatic heterocycles. The van der Waals surface area contributed by atoms with Crippen molar-refractivity contribution in [3.63, 3.8) is 0 Å². The minimum absolute atomic E-state index is 0.0469. The normalized spacial score (nSPS) is 33.4. The van der Waals surface area contributed by atoms with E-state index < -0.39 is 4.58 Å². The van der Waals surface area contributed by atoms with Crippen LogP contribution < -0.4 is 0 Å². The first-order chi connectivity index (χ1) is 5.59. The lowest BCUT2D eigenvalue weighted by Gasteiger charge is -1.99. The molecule has 0 amide bonds. The zero-order valence-electron chi connectivity index (χ0n) is 6.23. The molecule has 12 heavy (non-hydrogen) atoms. The molecular weight excluding hydrogens is 287 g/mol. The standard InChI is InChI=1S/C9H7Br2F/c10-7-3-1-6(2-4-7)8-5-9(8,11)12/h1-4,8H,5H2. The third-order valence-corrected chi connectivity index (χ3v) is 3.50. The van der Waals surface area contributed by atoms with Crippen LogP contribution in [0.1, 0.15) is 17.9 Å². The third kappa shape index (κ3) is 1.57. The van der Waals surface area contributed by atoms with Crippen molar-refractivity contribution in [3.8, 4) is 0 Å². The minimum Gasteiger partial charge on any atom is -0.231 e. The Hall–Kier alpha value is 0.110. The Labute approximate surface area is 87.4 Å². The lowest BCUT2D eigenvalue weighted by atomic mass is 10.1. The van der Waals surface area contributed by atoms with E-state index >= 15 is 0 Å². The largest absolute Gasteiger partial charge is 0.231 e. The maximum atomic E-state index is 13.2. The van der Waals surface area contributed by atoms with Gasteiger partial charge in [-0.1, -0.05) is 28.1 Å². The molecule has 1 aliphatic rings. The molecule has 1 aromatic rings. The number of benzene rings is 1. The maximum Gasteiger partial charge on any atom is 0.172 e. The maximum absolute atomic E-state index is 13.2. The highest BCUT2D eigenvalue weighted by Gasteiger charge is 2.54. The summed E-state index contributed by atoms with van der Waals surface area (Å²) in [6, 6.07) is 7.79. The van der Waals surface area contributed by atoms with Crippen molar-refractivity contribution in [1.82, 2.24) is 0 Å². The van der Waals surface area contributed by atoms with Crippen LogP contribution >= 0.6 is 31.9 Å². The van der Waals surface area contributed by atoms with Gasteiger partial charge in [0, 0.05) is 16.8 Å². The van der Waals surface area contributed by atoms with Gasteiger partial charge in [0.1, 0.15) is 0 Å². The highest BCUT2D eigenvalue weighted by molar-refractivity contribution is 9.10. The average molecular weight is 294 g/mol. The van der Waals surface area contributed by atoms with E-state index in [1.165, 1.54) is 0 Å². The summed E-state index contributed by atoms with van der Waals surface area (Å²) in [5, 5.41) is 0. The first kappa shape index (κ1) is 8.70. The van der Waals surface area contributed by atoms with Crippen LogP contribution in [0, 0.1) is 0 Å². The van der Waals surface area contributed by atoms with E-state index in [1.54, 1.807) is 0 Å². The van der Waals surface area contributed by atoms with Gasteiger partial charge >= 0.3 is 0 Å². The molecule has 3 heteroatoms. The lowest BCUT2D eigenvalue weighted by Crippen LogP contribution is -1.89. The van der Waals surface area contributed by atoms with Gasteiger partial charge in [0.05, 0.1) is 0 Å². The molecule has 2 atom stereocenters. The number of rotatable bonds is 1. The smallest absolute Gasteiger partial charge is 0.172 e. The van der Waals surface area contributed by atoms with Crippen LogP contribution in [0.5, 0.6) is 0 Å². The van der Waals surface area contributed by atoms with Crippen LogP contribution in [0.15, 0.2) is 28.7 Å². The molecule has 0 saturated heterocycles. The van der Waals surface area contributed by atoms with Crippen molar-refractivity contribution in [2.24, 2.45) is 0 Å². The minimum atomic E-state index is -1.14. The van der Waals surface area contributed by atoms with E-state index in [4.69, 9.17) is 0 Å². The fourth-order valence-electron chi connectivity index (χ4n) is 1.27. The molecule has 1 saturated carbocycles. The molecule has 0 aliphatic heterocycles. The summed E-state index contributed by atoms with van der Waals surface area (Å²) in [5.74, 6) is 0.0469. The first-order valence-electron chi connectivity index (χ1n) is 3.73. The second-order valence-corrected chi connectivity index (χ2v) is 5.30. The Morgan fingerprint density at radius 2 is 1.83 bits per heavy atom. The van der Waals surface area contributed by atoms with Crippen molar-refractivity contribution in [2.45, 2.75) is 16.9 Å². The first-order valence-corrected chi connectivity index (χ1v) is 5.31. The van der Waals surface area contributed by atoms with Gasteiger partial charge in [-0.25, -0.2) is 4.39 Å². The number of hydrogen-bond acceptors (Lipinski definition) is 0. The lowest BCUT2D eigenvalue weighted by molar-refractivity contribution is 0.436. The van der Waals surface area contributed by atoms with E-state index in [0.29, 0.717) is 6.42 Å². The molecule has 64 valence electrons. The molecule has 1 fully saturated rings. The summed E-state index contributed by atoms with van der Waals surface area (Å²) in [6.45, 7) is 0. The Bertz CT molecular complexity index is 292. The van der Waals surface area contributed by atoms with E-state index in [-0.39, 0.29) is 5.92 Å². The fourth-order valence-corrected chi connectivity index (χ4v) is 2.12. The van der Waals surface area contributed by atoms with Gasteiger partial charge in [0.2, 0.25) is 0 Å². The van der Waals surface area contributed by atoms with Crippen LogP contribution in [0.4, 0.5) is 4.39 Å². The zero-order valence-corrected chi connectivity index (χ0v) is 9.40. The Balaban J connectivity index is 2.21. The summed E-state index contributed by atoms with van der Waals surface area (Å²) in [7, 11) is 0. The summed E-state index contributed by atoms with van der Waals surface area (Å²) < 4.78 is 13.0. The fraction of sp³-hybridized carbons (Fsp3) is 0.333. The van der Waals surface area contributed by atoms with Crippen LogP contribution in [0.2, 0.25) is 0 Å². The quantitative estimate of drug-likeness (QED) is 0.687. The Kier molecular flexibility index (Phi) is 2.04. The predicted octanol–water partition coefficient (Wildman–Crippen LogP) is 4.00. The van der Waals surface area contributed by atoms with E-state index in [9.17, 15) is 4.39 Å². The van der Waals surface area contributed by atoms with E-state index in [2.05, 4.69) is 31.9 Å². The SMILES string of the molecule is FC1(Br)CC1c1ccc(Br)cc1. The van der Waals surface area contributed by atoms with Crippen molar-refractivity contribution < 1.29 is 4.39 Å². The third-order valence-electron chi connectivity index (χ3n) is 2.10. The molecule has 2 unspecified atom stereocenters. The molecule has 0 spiro atoms. The van der Waals surface area contributed by atoms with Crippen LogP contribution in [0.3, 0.4) is 0 Å². The van der Waals surface area contributed by atoms with Crippen LogP contribution in [-0.2, 0) is 0 Å². The second-order valence-electron chi connectivity index (χ2n) is 3.07. The highest BCUT2D eigenvalue weighted by Crippen LogP contribution is 2.58. The Morgan fingerprint density at radius 3 is 2.25 bits per heavy atom. The van der Waals surface area contributed by atoms with Gasteiger partial charge in [0.15, 0.2) is 4.58 Å². The molecule has 1 aliphatic carbocycles. The molecule has 0 bridgehead atoms.